The van der Waals surface area contributed by atoms with Gasteiger partial charge in [0.05, 0.1) is 13.2 Å². The lowest BCUT2D eigenvalue weighted by Crippen LogP contribution is -2.25. The lowest BCUT2D eigenvalue weighted by molar-refractivity contribution is 0.0949. The van der Waals surface area contributed by atoms with Crippen molar-refractivity contribution in [3.8, 4) is 5.75 Å². The summed E-state index contributed by atoms with van der Waals surface area (Å²) >= 11 is 0. The molecule has 1 aromatic heterocycles. The van der Waals surface area contributed by atoms with E-state index >= 15 is 0 Å². The minimum Gasteiger partial charge on any atom is -0.494 e. The second kappa shape index (κ2) is 8.76. The number of aromatic nitrogens is 2. The third-order valence-electron chi connectivity index (χ3n) is 4.58. The zero-order valence-corrected chi connectivity index (χ0v) is 15.3. The standard InChI is InChI=1S/C20H26N4O2/c1-14-17-5-2-3-6-18(17)24-19(23-14)13-22-20(25)15-7-9-16(10-8-15)26-12-4-11-21/h7-10H,2-6,11-13,21H2,1H3,(H,22,25). The molecule has 0 fully saturated rings. The first kappa shape index (κ1) is 18.3. The molecule has 0 unspecified atom stereocenters. The summed E-state index contributed by atoms with van der Waals surface area (Å²) in [6, 6.07) is 7.11. The molecule has 0 saturated heterocycles. The van der Waals surface area contributed by atoms with E-state index in [0.29, 0.717) is 31.1 Å². The van der Waals surface area contributed by atoms with Crippen LogP contribution in [0.3, 0.4) is 0 Å². The van der Waals surface area contributed by atoms with Gasteiger partial charge in [-0.3, -0.25) is 4.79 Å². The van der Waals surface area contributed by atoms with Gasteiger partial charge in [-0.05, 0) is 75.4 Å². The van der Waals surface area contributed by atoms with Crippen molar-refractivity contribution in [2.45, 2.75) is 45.6 Å². The Morgan fingerprint density at radius 3 is 2.73 bits per heavy atom. The summed E-state index contributed by atoms with van der Waals surface area (Å²) in [5.41, 5.74) is 9.50. The van der Waals surface area contributed by atoms with Crippen LogP contribution in [-0.2, 0) is 19.4 Å². The largest absolute Gasteiger partial charge is 0.494 e. The van der Waals surface area contributed by atoms with E-state index in [1.807, 2.05) is 6.92 Å². The Labute approximate surface area is 154 Å². The molecule has 1 aliphatic rings. The highest BCUT2D eigenvalue weighted by Crippen LogP contribution is 2.21. The molecule has 6 nitrogen and oxygen atoms in total. The van der Waals surface area contributed by atoms with Crippen LogP contribution in [0, 0.1) is 6.92 Å². The molecule has 3 rings (SSSR count). The number of ether oxygens (including phenoxy) is 1. The zero-order valence-electron chi connectivity index (χ0n) is 15.3. The zero-order chi connectivity index (χ0) is 18.4. The van der Waals surface area contributed by atoms with Crippen LogP contribution in [-0.4, -0.2) is 29.0 Å². The second-order valence-electron chi connectivity index (χ2n) is 6.56. The maximum atomic E-state index is 12.3. The molecule has 0 radical (unpaired) electrons. The van der Waals surface area contributed by atoms with E-state index in [9.17, 15) is 4.79 Å². The van der Waals surface area contributed by atoms with E-state index in [0.717, 1.165) is 36.4 Å². The minimum atomic E-state index is -0.141. The number of rotatable bonds is 7. The fraction of sp³-hybridized carbons (Fsp3) is 0.450. The minimum absolute atomic E-state index is 0.141. The van der Waals surface area contributed by atoms with Crippen molar-refractivity contribution in [2.24, 2.45) is 5.73 Å². The normalized spacial score (nSPS) is 13.2. The summed E-state index contributed by atoms with van der Waals surface area (Å²) in [6.45, 7) is 3.55. The molecular formula is C20H26N4O2. The number of nitrogens with zero attached hydrogens (tertiary/aromatic N) is 2. The van der Waals surface area contributed by atoms with Crippen molar-refractivity contribution < 1.29 is 9.53 Å². The van der Waals surface area contributed by atoms with Crippen LogP contribution in [0.4, 0.5) is 0 Å². The summed E-state index contributed by atoms with van der Waals surface area (Å²) in [5, 5.41) is 2.90. The molecule has 0 bridgehead atoms. The van der Waals surface area contributed by atoms with E-state index in [1.54, 1.807) is 24.3 Å². The Kier molecular flexibility index (Phi) is 6.17. The quantitative estimate of drug-likeness (QED) is 0.745. The average molecular weight is 354 g/mol. The maximum Gasteiger partial charge on any atom is 0.251 e. The Hall–Kier alpha value is -2.47. The van der Waals surface area contributed by atoms with Crippen LogP contribution >= 0.6 is 0 Å². The number of carbonyl (C=O) groups is 1. The Balaban J connectivity index is 1.58. The first-order chi connectivity index (χ1) is 12.7. The van der Waals surface area contributed by atoms with Crippen LogP contribution in [0.5, 0.6) is 5.75 Å². The Bertz CT molecular complexity index is 759. The molecule has 1 heterocycles. The van der Waals surface area contributed by atoms with Gasteiger partial charge in [0.1, 0.15) is 11.6 Å². The van der Waals surface area contributed by atoms with Gasteiger partial charge < -0.3 is 15.8 Å². The molecule has 2 aromatic rings. The number of aryl methyl sites for hydroxylation is 2. The molecular weight excluding hydrogens is 328 g/mol. The number of carbonyl (C=O) groups excluding carboxylic acids is 1. The molecule has 6 heteroatoms. The first-order valence-electron chi connectivity index (χ1n) is 9.24. The molecule has 1 aliphatic carbocycles. The SMILES string of the molecule is Cc1nc(CNC(=O)c2ccc(OCCCN)cc2)nc2c1CCCC2. The molecule has 3 N–H and O–H groups in total. The van der Waals surface area contributed by atoms with Gasteiger partial charge in [0, 0.05) is 17.0 Å². The lowest BCUT2D eigenvalue weighted by Gasteiger charge is -2.17. The van der Waals surface area contributed by atoms with E-state index in [2.05, 4.69) is 15.3 Å². The second-order valence-corrected chi connectivity index (χ2v) is 6.56. The van der Waals surface area contributed by atoms with Crippen LogP contribution < -0.4 is 15.8 Å². The van der Waals surface area contributed by atoms with Crippen molar-refractivity contribution in [1.29, 1.82) is 0 Å². The lowest BCUT2D eigenvalue weighted by atomic mass is 9.95. The van der Waals surface area contributed by atoms with E-state index < -0.39 is 0 Å². The number of amides is 1. The molecule has 1 amide bonds. The summed E-state index contributed by atoms with van der Waals surface area (Å²) in [4.78, 5) is 21.5. The van der Waals surface area contributed by atoms with Gasteiger partial charge in [-0.25, -0.2) is 9.97 Å². The summed E-state index contributed by atoms with van der Waals surface area (Å²) in [6.07, 6.45) is 5.26. The van der Waals surface area contributed by atoms with Crippen LogP contribution in [0.2, 0.25) is 0 Å². The number of benzene rings is 1. The number of nitrogens with one attached hydrogen (secondary N) is 1. The van der Waals surface area contributed by atoms with Gasteiger partial charge in [0.2, 0.25) is 0 Å². The predicted molar refractivity (Wildman–Crippen MR) is 100 cm³/mol. The van der Waals surface area contributed by atoms with Crippen LogP contribution in [0.1, 0.15) is 52.4 Å². The summed E-state index contributed by atoms with van der Waals surface area (Å²) < 4.78 is 5.54. The Morgan fingerprint density at radius 1 is 1.19 bits per heavy atom. The summed E-state index contributed by atoms with van der Waals surface area (Å²) in [5.74, 6) is 1.28. The fourth-order valence-corrected chi connectivity index (χ4v) is 3.16. The van der Waals surface area contributed by atoms with Gasteiger partial charge in [-0.15, -0.1) is 0 Å². The van der Waals surface area contributed by atoms with Crippen molar-refractivity contribution in [2.75, 3.05) is 13.2 Å². The van der Waals surface area contributed by atoms with E-state index in [1.165, 1.54) is 18.4 Å². The van der Waals surface area contributed by atoms with Crippen LogP contribution in [0.15, 0.2) is 24.3 Å². The first-order valence-corrected chi connectivity index (χ1v) is 9.24. The fourth-order valence-electron chi connectivity index (χ4n) is 3.16. The number of fused-ring (bicyclic) bond motifs is 1. The Morgan fingerprint density at radius 2 is 1.96 bits per heavy atom. The highest BCUT2D eigenvalue weighted by Gasteiger charge is 2.16. The van der Waals surface area contributed by atoms with E-state index in [-0.39, 0.29) is 5.91 Å². The van der Waals surface area contributed by atoms with Gasteiger partial charge in [-0.1, -0.05) is 0 Å². The molecule has 26 heavy (non-hydrogen) atoms. The maximum absolute atomic E-state index is 12.3. The van der Waals surface area contributed by atoms with E-state index in [4.69, 9.17) is 10.5 Å². The highest BCUT2D eigenvalue weighted by atomic mass is 16.5. The molecule has 138 valence electrons. The molecule has 0 spiro atoms. The van der Waals surface area contributed by atoms with Gasteiger partial charge >= 0.3 is 0 Å². The van der Waals surface area contributed by atoms with Crippen molar-refractivity contribution >= 4 is 5.91 Å². The average Bonchev–Trinajstić information content (AvgIpc) is 2.67. The van der Waals surface area contributed by atoms with Crippen molar-refractivity contribution in [3.05, 3.63) is 52.6 Å². The molecule has 0 aliphatic heterocycles. The molecule has 0 saturated carbocycles. The summed E-state index contributed by atoms with van der Waals surface area (Å²) in [7, 11) is 0. The van der Waals surface area contributed by atoms with Gasteiger partial charge in [-0.2, -0.15) is 0 Å². The molecule has 0 atom stereocenters. The van der Waals surface area contributed by atoms with Crippen LogP contribution in [0.25, 0.3) is 0 Å². The number of hydrogen-bond donors (Lipinski definition) is 2. The van der Waals surface area contributed by atoms with Gasteiger partial charge in [0.15, 0.2) is 0 Å². The van der Waals surface area contributed by atoms with Crippen molar-refractivity contribution in [1.82, 2.24) is 15.3 Å². The predicted octanol–water partition coefficient (Wildman–Crippen LogP) is 2.32. The topological polar surface area (TPSA) is 90.1 Å². The smallest absolute Gasteiger partial charge is 0.251 e. The highest BCUT2D eigenvalue weighted by molar-refractivity contribution is 5.94. The molecule has 1 aromatic carbocycles. The van der Waals surface area contributed by atoms with Crippen molar-refractivity contribution in [3.63, 3.8) is 0 Å². The number of nitrogens with two attached hydrogens (primary N) is 1. The third kappa shape index (κ3) is 4.58. The monoisotopic (exact) mass is 354 g/mol. The third-order valence-corrected chi connectivity index (χ3v) is 4.58. The van der Waals surface area contributed by atoms with Gasteiger partial charge in [0.25, 0.3) is 5.91 Å². The number of hydrogen-bond acceptors (Lipinski definition) is 5.